The number of rotatable bonds is 8. The SMILES string of the molecule is CCC(C)(O)CN(CCN(C)C)CC(C)C. The molecule has 1 N–H and O–H groups in total. The smallest absolute Gasteiger partial charge is 0.0743 e. The summed E-state index contributed by atoms with van der Waals surface area (Å²) in [4.78, 5) is 4.56. The number of aliphatic hydroxyl groups is 1. The van der Waals surface area contributed by atoms with Crippen LogP contribution in [0.15, 0.2) is 0 Å². The van der Waals surface area contributed by atoms with Crippen molar-refractivity contribution < 1.29 is 5.11 Å². The van der Waals surface area contributed by atoms with Crippen molar-refractivity contribution in [3.8, 4) is 0 Å². The fraction of sp³-hybridized carbons (Fsp3) is 1.00. The predicted molar refractivity (Wildman–Crippen MR) is 70.7 cm³/mol. The van der Waals surface area contributed by atoms with Crippen molar-refractivity contribution in [2.75, 3.05) is 40.3 Å². The number of nitrogens with zero attached hydrogens (tertiary/aromatic N) is 2. The average Bonchev–Trinajstić information content (AvgIpc) is 2.13. The molecule has 0 aliphatic carbocycles. The van der Waals surface area contributed by atoms with Crippen molar-refractivity contribution in [1.82, 2.24) is 9.80 Å². The second-order valence-electron chi connectivity index (χ2n) is 5.78. The highest BCUT2D eigenvalue weighted by Gasteiger charge is 2.22. The van der Waals surface area contributed by atoms with Gasteiger partial charge in [-0.3, -0.25) is 4.90 Å². The first-order valence-electron chi connectivity index (χ1n) is 6.36. The van der Waals surface area contributed by atoms with Crippen molar-refractivity contribution >= 4 is 0 Å². The van der Waals surface area contributed by atoms with Crippen LogP contribution < -0.4 is 0 Å². The Hall–Kier alpha value is -0.120. The third-order valence-electron chi connectivity index (χ3n) is 2.81. The Morgan fingerprint density at radius 3 is 2.12 bits per heavy atom. The molecule has 0 rings (SSSR count). The van der Waals surface area contributed by atoms with Gasteiger partial charge in [0.05, 0.1) is 5.60 Å². The molecule has 3 nitrogen and oxygen atoms in total. The van der Waals surface area contributed by atoms with Crippen molar-refractivity contribution in [3.63, 3.8) is 0 Å². The summed E-state index contributed by atoms with van der Waals surface area (Å²) in [7, 11) is 4.18. The van der Waals surface area contributed by atoms with E-state index in [1.165, 1.54) is 0 Å². The molecule has 0 heterocycles. The molecule has 0 aliphatic heterocycles. The van der Waals surface area contributed by atoms with Crippen molar-refractivity contribution in [2.45, 2.75) is 39.7 Å². The van der Waals surface area contributed by atoms with Gasteiger partial charge in [0.2, 0.25) is 0 Å². The Bertz CT molecular complexity index is 179. The summed E-state index contributed by atoms with van der Waals surface area (Å²) in [6.45, 7) is 12.3. The summed E-state index contributed by atoms with van der Waals surface area (Å²) in [5.41, 5.74) is -0.554. The van der Waals surface area contributed by atoms with Crippen LogP contribution in [0.4, 0.5) is 0 Å². The van der Waals surface area contributed by atoms with E-state index in [2.05, 4.69) is 37.7 Å². The summed E-state index contributed by atoms with van der Waals surface area (Å²) in [5, 5.41) is 10.1. The van der Waals surface area contributed by atoms with Gasteiger partial charge in [0, 0.05) is 26.2 Å². The van der Waals surface area contributed by atoms with E-state index >= 15 is 0 Å². The standard InChI is InChI=1S/C13H30N2O/c1-7-13(4,16)11-15(10-12(2)3)9-8-14(5)6/h12,16H,7-11H2,1-6H3. The largest absolute Gasteiger partial charge is 0.389 e. The molecule has 0 aromatic carbocycles. The maximum atomic E-state index is 10.1. The lowest BCUT2D eigenvalue weighted by Gasteiger charge is -2.32. The van der Waals surface area contributed by atoms with Gasteiger partial charge in [-0.25, -0.2) is 0 Å². The Morgan fingerprint density at radius 1 is 1.19 bits per heavy atom. The highest BCUT2D eigenvalue weighted by Crippen LogP contribution is 2.12. The molecule has 0 fully saturated rings. The Kier molecular flexibility index (Phi) is 7.20. The van der Waals surface area contributed by atoms with E-state index in [1.54, 1.807) is 0 Å². The van der Waals surface area contributed by atoms with Gasteiger partial charge in [0.1, 0.15) is 0 Å². The van der Waals surface area contributed by atoms with E-state index < -0.39 is 5.60 Å². The van der Waals surface area contributed by atoms with Gasteiger partial charge in [-0.1, -0.05) is 20.8 Å². The monoisotopic (exact) mass is 230 g/mol. The van der Waals surface area contributed by atoms with Crippen LogP contribution in [0.1, 0.15) is 34.1 Å². The van der Waals surface area contributed by atoms with Gasteiger partial charge in [-0.05, 0) is 33.4 Å². The highest BCUT2D eigenvalue weighted by molar-refractivity contribution is 4.76. The van der Waals surface area contributed by atoms with Crippen LogP contribution >= 0.6 is 0 Å². The molecule has 3 heteroatoms. The molecule has 0 saturated heterocycles. The van der Waals surface area contributed by atoms with Crippen LogP contribution in [-0.4, -0.2) is 60.8 Å². The average molecular weight is 230 g/mol. The van der Waals surface area contributed by atoms with Crippen LogP contribution in [0.5, 0.6) is 0 Å². The van der Waals surface area contributed by atoms with E-state index in [0.717, 1.165) is 32.6 Å². The second kappa shape index (κ2) is 7.25. The van der Waals surface area contributed by atoms with Gasteiger partial charge in [0.15, 0.2) is 0 Å². The molecule has 0 amide bonds. The van der Waals surface area contributed by atoms with Crippen LogP contribution in [0.2, 0.25) is 0 Å². The Morgan fingerprint density at radius 2 is 1.75 bits per heavy atom. The fourth-order valence-electron chi connectivity index (χ4n) is 1.69. The normalized spacial score (nSPS) is 16.1. The van der Waals surface area contributed by atoms with Gasteiger partial charge in [-0.2, -0.15) is 0 Å². The Labute approximate surface area is 101 Å². The summed E-state index contributed by atoms with van der Waals surface area (Å²) >= 11 is 0. The Balaban J connectivity index is 4.20. The third-order valence-corrected chi connectivity index (χ3v) is 2.81. The molecule has 0 bridgehead atoms. The molecule has 0 radical (unpaired) electrons. The topological polar surface area (TPSA) is 26.7 Å². The van der Waals surface area contributed by atoms with Gasteiger partial charge < -0.3 is 10.0 Å². The molecule has 1 atom stereocenters. The van der Waals surface area contributed by atoms with Gasteiger partial charge >= 0.3 is 0 Å². The minimum atomic E-state index is -0.554. The highest BCUT2D eigenvalue weighted by atomic mass is 16.3. The van der Waals surface area contributed by atoms with Crippen molar-refractivity contribution in [2.24, 2.45) is 5.92 Å². The molecule has 1 unspecified atom stereocenters. The van der Waals surface area contributed by atoms with E-state index in [1.807, 2.05) is 13.8 Å². The van der Waals surface area contributed by atoms with Crippen LogP contribution in [0, 0.1) is 5.92 Å². The molecule has 0 saturated carbocycles. The first-order valence-corrected chi connectivity index (χ1v) is 6.36. The number of likely N-dealkylation sites (N-methyl/N-ethyl adjacent to an activating group) is 1. The van der Waals surface area contributed by atoms with Crippen LogP contribution in [0.25, 0.3) is 0 Å². The molecule has 0 spiro atoms. The predicted octanol–water partition coefficient (Wildman–Crippen LogP) is 1.67. The van der Waals surface area contributed by atoms with E-state index in [4.69, 9.17) is 0 Å². The lowest BCUT2D eigenvalue weighted by molar-refractivity contribution is 0.0118. The van der Waals surface area contributed by atoms with E-state index in [0.29, 0.717) is 5.92 Å². The quantitative estimate of drug-likeness (QED) is 0.687. The van der Waals surface area contributed by atoms with Crippen molar-refractivity contribution in [3.05, 3.63) is 0 Å². The van der Waals surface area contributed by atoms with Gasteiger partial charge in [0.25, 0.3) is 0 Å². The molecule has 0 aromatic heterocycles. The molecular formula is C13H30N2O. The summed E-state index contributed by atoms with van der Waals surface area (Å²) in [5.74, 6) is 0.648. The molecule has 16 heavy (non-hydrogen) atoms. The minimum Gasteiger partial charge on any atom is -0.389 e. The van der Waals surface area contributed by atoms with Gasteiger partial charge in [-0.15, -0.1) is 0 Å². The lowest BCUT2D eigenvalue weighted by Crippen LogP contribution is -2.44. The molecular weight excluding hydrogens is 200 g/mol. The third kappa shape index (κ3) is 8.08. The first-order chi connectivity index (χ1) is 7.26. The zero-order valence-corrected chi connectivity index (χ0v) is 12.0. The summed E-state index contributed by atoms with van der Waals surface area (Å²) < 4.78 is 0. The zero-order chi connectivity index (χ0) is 12.8. The zero-order valence-electron chi connectivity index (χ0n) is 12.0. The second-order valence-corrected chi connectivity index (χ2v) is 5.78. The molecule has 0 aliphatic rings. The molecule has 98 valence electrons. The fourth-order valence-corrected chi connectivity index (χ4v) is 1.69. The number of hydrogen-bond acceptors (Lipinski definition) is 3. The molecule has 0 aromatic rings. The summed E-state index contributed by atoms with van der Waals surface area (Å²) in [6.07, 6.45) is 0.809. The summed E-state index contributed by atoms with van der Waals surface area (Å²) in [6, 6.07) is 0. The maximum Gasteiger partial charge on any atom is 0.0743 e. The van der Waals surface area contributed by atoms with Crippen molar-refractivity contribution in [1.29, 1.82) is 0 Å². The number of hydrogen-bond donors (Lipinski definition) is 1. The maximum absolute atomic E-state index is 10.1. The first kappa shape index (κ1) is 15.9. The lowest BCUT2D eigenvalue weighted by atomic mass is 10.0. The minimum absolute atomic E-state index is 0.554. The van der Waals surface area contributed by atoms with Crippen LogP contribution in [-0.2, 0) is 0 Å². The van der Waals surface area contributed by atoms with E-state index in [9.17, 15) is 5.11 Å². The van der Waals surface area contributed by atoms with Crippen LogP contribution in [0.3, 0.4) is 0 Å². The van der Waals surface area contributed by atoms with E-state index in [-0.39, 0.29) is 0 Å².